The van der Waals surface area contributed by atoms with Crippen molar-refractivity contribution >= 4 is 16.6 Å². The van der Waals surface area contributed by atoms with Crippen molar-refractivity contribution in [3.05, 3.63) is 54.7 Å². The SMILES string of the molecule is NC1CCN(c2ncc(-c3cccnc3)c3cccc(F)c23)CC1. The maximum atomic E-state index is 14.7. The quantitative estimate of drug-likeness (QED) is 0.786. The van der Waals surface area contributed by atoms with Crippen molar-refractivity contribution in [3.63, 3.8) is 0 Å². The van der Waals surface area contributed by atoms with Gasteiger partial charge in [-0.1, -0.05) is 18.2 Å². The third kappa shape index (κ3) is 2.61. The molecule has 1 aliphatic rings. The Kier molecular flexibility index (Phi) is 3.86. The lowest BCUT2D eigenvalue weighted by Gasteiger charge is -2.32. The van der Waals surface area contributed by atoms with E-state index >= 15 is 0 Å². The minimum Gasteiger partial charge on any atom is -0.356 e. The molecule has 1 aliphatic heterocycles. The summed E-state index contributed by atoms with van der Waals surface area (Å²) in [6.07, 6.45) is 7.14. The van der Waals surface area contributed by atoms with Gasteiger partial charge in [0.2, 0.25) is 0 Å². The minimum atomic E-state index is -0.240. The van der Waals surface area contributed by atoms with Crippen LogP contribution in [0.1, 0.15) is 12.8 Å². The number of nitrogens with two attached hydrogens (primary N) is 1. The molecule has 2 aromatic heterocycles. The number of aromatic nitrogens is 2. The number of piperidine rings is 1. The molecule has 0 amide bonds. The van der Waals surface area contributed by atoms with Crippen molar-refractivity contribution in [1.82, 2.24) is 9.97 Å². The number of anilines is 1. The Bertz CT molecular complexity index is 858. The number of hydrogen-bond acceptors (Lipinski definition) is 4. The first kappa shape index (κ1) is 15.0. The highest BCUT2D eigenvalue weighted by molar-refractivity contribution is 6.02. The Morgan fingerprint density at radius 3 is 2.67 bits per heavy atom. The summed E-state index contributed by atoms with van der Waals surface area (Å²) >= 11 is 0. The minimum absolute atomic E-state index is 0.229. The Balaban J connectivity index is 1.88. The van der Waals surface area contributed by atoms with Crippen LogP contribution in [0.5, 0.6) is 0 Å². The zero-order chi connectivity index (χ0) is 16.5. The van der Waals surface area contributed by atoms with E-state index in [4.69, 9.17) is 5.73 Å². The van der Waals surface area contributed by atoms with Gasteiger partial charge in [0.1, 0.15) is 11.6 Å². The molecule has 122 valence electrons. The van der Waals surface area contributed by atoms with E-state index in [1.54, 1.807) is 18.5 Å². The van der Waals surface area contributed by atoms with Crippen molar-refractivity contribution in [3.8, 4) is 11.1 Å². The highest BCUT2D eigenvalue weighted by Gasteiger charge is 2.21. The number of hydrogen-bond donors (Lipinski definition) is 1. The maximum absolute atomic E-state index is 14.7. The lowest BCUT2D eigenvalue weighted by molar-refractivity contribution is 0.499. The normalized spacial score (nSPS) is 15.8. The van der Waals surface area contributed by atoms with Gasteiger partial charge < -0.3 is 10.6 Å². The topological polar surface area (TPSA) is 55.0 Å². The van der Waals surface area contributed by atoms with Crippen LogP contribution >= 0.6 is 0 Å². The van der Waals surface area contributed by atoms with Gasteiger partial charge in [-0.2, -0.15) is 0 Å². The maximum Gasteiger partial charge on any atom is 0.139 e. The van der Waals surface area contributed by atoms with Gasteiger partial charge in [-0.25, -0.2) is 9.37 Å². The van der Waals surface area contributed by atoms with Gasteiger partial charge in [0.05, 0.1) is 5.39 Å². The fraction of sp³-hybridized carbons (Fsp3) is 0.263. The highest BCUT2D eigenvalue weighted by atomic mass is 19.1. The summed E-state index contributed by atoms with van der Waals surface area (Å²) in [5, 5.41) is 1.44. The van der Waals surface area contributed by atoms with E-state index in [0.29, 0.717) is 11.2 Å². The third-order valence-electron chi connectivity index (χ3n) is 4.66. The largest absolute Gasteiger partial charge is 0.356 e. The summed E-state index contributed by atoms with van der Waals surface area (Å²) in [7, 11) is 0. The first-order chi connectivity index (χ1) is 11.7. The molecule has 24 heavy (non-hydrogen) atoms. The number of halogens is 1. The lowest BCUT2D eigenvalue weighted by Crippen LogP contribution is -2.40. The molecule has 0 spiro atoms. The van der Waals surface area contributed by atoms with Crippen LogP contribution in [0.25, 0.3) is 21.9 Å². The Labute approximate surface area is 140 Å². The monoisotopic (exact) mass is 322 g/mol. The van der Waals surface area contributed by atoms with Crippen LogP contribution < -0.4 is 10.6 Å². The van der Waals surface area contributed by atoms with E-state index in [1.807, 2.05) is 24.4 Å². The van der Waals surface area contributed by atoms with Crippen LogP contribution in [0.2, 0.25) is 0 Å². The van der Waals surface area contributed by atoms with Gasteiger partial charge in [-0.05, 0) is 30.4 Å². The summed E-state index contributed by atoms with van der Waals surface area (Å²) < 4.78 is 14.7. The van der Waals surface area contributed by atoms with Crippen LogP contribution in [-0.2, 0) is 0 Å². The molecule has 3 aromatic rings. The molecule has 4 rings (SSSR count). The van der Waals surface area contributed by atoms with Crippen LogP contribution in [0.15, 0.2) is 48.9 Å². The molecule has 2 N–H and O–H groups in total. The smallest absolute Gasteiger partial charge is 0.139 e. The zero-order valence-electron chi connectivity index (χ0n) is 13.3. The fourth-order valence-corrected chi connectivity index (χ4v) is 3.34. The molecule has 5 heteroatoms. The summed E-state index contributed by atoms with van der Waals surface area (Å²) in [5.41, 5.74) is 7.83. The van der Waals surface area contributed by atoms with Crippen molar-refractivity contribution in [2.45, 2.75) is 18.9 Å². The van der Waals surface area contributed by atoms with Gasteiger partial charge in [0.15, 0.2) is 0 Å². The second kappa shape index (κ2) is 6.17. The van der Waals surface area contributed by atoms with Crippen molar-refractivity contribution in [2.75, 3.05) is 18.0 Å². The molecule has 0 atom stereocenters. The van der Waals surface area contributed by atoms with Gasteiger partial charge >= 0.3 is 0 Å². The molecule has 1 fully saturated rings. The van der Waals surface area contributed by atoms with Gasteiger partial charge in [0.25, 0.3) is 0 Å². The number of nitrogens with zero attached hydrogens (tertiary/aromatic N) is 3. The highest BCUT2D eigenvalue weighted by Crippen LogP contribution is 2.35. The molecule has 4 nitrogen and oxygen atoms in total. The van der Waals surface area contributed by atoms with E-state index in [1.165, 1.54) is 6.07 Å². The Morgan fingerprint density at radius 2 is 1.92 bits per heavy atom. The fourth-order valence-electron chi connectivity index (χ4n) is 3.34. The second-order valence-corrected chi connectivity index (χ2v) is 6.22. The Morgan fingerprint density at radius 1 is 1.08 bits per heavy atom. The van der Waals surface area contributed by atoms with Gasteiger partial charge in [0, 0.05) is 48.8 Å². The van der Waals surface area contributed by atoms with E-state index in [-0.39, 0.29) is 11.9 Å². The van der Waals surface area contributed by atoms with Crippen molar-refractivity contribution in [2.24, 2.45) is 5.73 Å². The standard InChI is InChI=1S/C19H19FN4/c20-17-5-1-4-15-16(13-3-2-8-22-11-13)12-23-19(18(15)17)24-9-6-14(21)7-10-24/h1-5,8,11-12,14H,6-7,9-10,21H2. The molecule has 0 saturated carbocycles. The number of rotatable bonds is 2. The van der Waals surface area contributed by atoms with Crippen LogP contribution in [0, 0.1) is 5.82 Å². The third-order valence-corrected chi connectivity index (χ3v) is 4.66. The number of pyridine rings is 2. The van der Waals surface area contributed by atoms with E-state index in [9.17, 15) is 4.39 Å². The summed E-state index contributed by atoms with van der Waals surface area (Å²) in [6, 6.07) is 9.26. The van der Waals surface area contributed by atoms with E-state index in [0.717, 1.165) is 42.4 Å². The first-order valence-corrected chi connectivity index (χ1v) is 8.22. The molecule has 0 radical (unpaired) electrons. The van der Waals surface area contributed by atoms with Gasteiger partial charge in [-0.15, -0.1) is 0 Å². The van der Waals surface area contributed by atoms with E-state index in [2.05, 4.69) is 14.9 Å². The number of benzene rings is 1. The van der Waals surface area contributed by atoms with E-state index < -0.39 is 0 Å². The second-order valence-electron chi connectivity index (χ2n) is 6.22. The van der Waals surface area contributed by atoms with Crippen LogP contribution in [-0.4, -0.2) is 29.1 Å². The molecule has 3 heterocycles. The molecule has 1 aromatic carbocycles. The molecule has 0 unspecified atom stereocenters. The van der Waals surface area contributed by atoms with Crippen LogP contribution in [0.3, 0.4) is 0 Å². The molecular weight excluding hydrogens is 303 g/mol. The first-order valence-electron chi connectivity index (χ1n) is 8.22. The molecule has 0 bridgehead atoms. The van der Waals surface area contributed by atoms with Gasteiger partial charge in [-0.3, -0.25) is 4.98 Å². The molecular formula is C19H19FN4. The lowest BCUT2D eigenvalue weighted by atomic mass is 10.00. The summed E-state index contributed by atoms with van der Waals surface area (Å²) in [5.74, 6) is 0.471. The summed E-state index contributed by atoms with van der Waals surface area (Å²) in [6.45, 7) is 1.62. The molecule has 1 saturated heterocycles. The predicted octanol–water partition coefficient (Wildman–Crippen LogP) is 3.36. The van der Waals surface area contributed by atoms with Crippen molar-refractivity contribution < 1.29 is 4.39 Å². The van der Waals surface area contributed by atoms with Crippen LogP contribution in [0.4, 0.5) is 10.2 Å². The average Bonchev–Trinajstić information content (AvgIpc) is 2.63. The zero-order valence-corrected chi connectivity index (χ0v) is 13.3. The summed E-state index contributed by atoms with van der Waals surface area (Å²) in [4.78, 5) is 10.9. The van der Waals surface area contributed by atoms with Crippen molar-refractivity contribution in [1.29, 1.82) is 0 Å². The predicted molar refractivity (Wildman–Crippen MR) is 94.4 cm³/mol. The number of fused-ring (bicyclic) bond motifs is 1. The Hall–Kier alpha value is -2.53. The molecule has 0 aliphatic carbocycles. The average molecular weight is 322 g/mol.